The summed E-state index contributed by atoms with van der Waals surface area (Å²) in [6, 6.07) is 0.181. The van der Waals surface area contributed by atoms with E-state index in [1.165, 1.54) is 0 Å². The maximum atomic E-state index is 13.9. The van der Waals surface area contributed by atoms with Crippen LogP contribution in [0.5, 0.6) is 0 Å². The van der Waals surface area contributed by atoms with Crippen molar-refractivity contribution in [1.82, 2.24) is 5.32 Å². The molecule has 0 radical (unpaired) electrons. The van der Waals surface area contributed by atoms with Gasteiger partial charge in [0, 0.05) is 12.1 Å². The molecule has 1 aromatic carbocycles. The molecule has 0 aromatic heterocycles. The Kier molecular flexibility index (Phi) is 7.28. The van der Waals surface area contributed by atoms with Crippen LogP contribution in [0.15, 0.2) is 12.1 Å². The summed E-state index contributed by atoms with van der Waals surface area (Å²) in [4.78, 5) is 24.1. The number of esters is 1. The Hall–Kier alpha value is -2.25. The van der Waals surface area contributed by atoms with E-state index in [4.69, 9.17) is 9.47 Å². The van der Waals surface area contributed by atoms with Gasteiger partial charge in [0.05, 0.1) is 6.42 Å². The monoisotopic (exact) mass is 389 g/mol. The Balaban J connectivity index is 2.98. The number of halogens is 3. The number of ether oxygens (including phenoxy) is 2. The van der Waals surface area contributed by atoms with Gasteiger partial charge in [0.2, 0.25) is 0 Å². The zero-order valence-electron chi connectivity index (χ0n) is 16.4. The summed E-state index contributed by atoms with van der Waals surface area (Å²) in [5.41, 5.74) is -1.72. The van der Waals surface area contributed by atoms with Crippen LogP contribution in [0.3, 0.4) is 0 Å². The van der Waals surface area contributed by atoms with Gasteiger partial charge in [-0.1, -0.05) is 0 Å². The van der Waals surface area contributed by atoms with E-state index in [9.17, 15) is 22.8 Å². The lowest BCUT2D eigenvalue weighted by atomic mass is 10.0. The van der Waals surface area contributed by atoms with Gasteiger partial charge in [0.25, 0.3) is 0 Å². The Morgan fingerprint density at radius 1 is 0.926 bits per heavy atom. The second-order valence-corrected chi connectivity index (χ2v) is 8.20. The van der Waals surface area contributed by atoms with E-state index in [1.807, 2.05) is 0 Å². The molecule has 152 valence electrons. The summed E-state index contributed by atoms with van der Waals surface area (Å²) in [7, 11) is 0. The van der Waals surface area contributed by atoms with Crippen molar-refractivity contribution in [1.29, 1.82) is 0 Å². The van der Waals surface area contributed by atoms with Gasteiger partial charge in [-0.2, -0.15) is 0 Å². The largest absolute Gasteiger partial charge is 0.460 e. The molecule has 1 N–H and O–H groups in total. The van der Waals surface area contributed by atoms with Crippen LogP contribution in [0.1, 0.15) is 53.5 Å². The molecule has 1 aromatic rings. The second kappa shape index (κ2) is 8.63. The second-order valence-electron chi connectivity index (χ2n) is 8.20. The van der Waals surface area contributed by atoms with Crippen molar-refractivity contribution >= 4 is 12.1 Å². The molecule has 1 amide bonds. The van der Waals surface area contributed by atoms with Crippen LogP contribution in [0.2, 0.25) is 0 Å². The average Bonchev–Trinajstić information content (AvgIpc) is 2.40. The van der Waals surface area contributed by atoms with Crippen LogP contribution < -0.4 is 5.32 Å². The molecule has 0 spiro atoms. The summed E-state index contributed by atoms with van der Waals surface area (Å²) in [6.45, 7) is 10.0. The molecule has 1 rings (SSSR count). The van der Waals surface area contributed by atoms with Gasteiger partial charge in [-0.15, -0.1) is 0 Å². The molecule has 0 fully saturated rings. The predicted molar refractivity (Wildman–Crippen MR) is 93.6 cm³/mol. The lowest BCUT2D eigenvalue weighted by Crippen LogP contribution is -2.42. The molecular weight excluding hydrogens is 363 g/mol. The average molecular weight is 389 g/mol. The highest BCUT2D eigenvalue weighted by Gasteiger charge is 2.25. The highest BCUT2D eigenvalue weighted by Crippen LogP contribution is 2.18. The highest BCUT2D eigenvalue weighted by atomic mass is 19.2. The zero-order valence-corrected chi connectivity index (χ0v) is 16.4. The van der Waals surface area contributed by atoms with Crippen LogP contribution in [-0.2, 0) is 20.7 Å². The first-order valence-electron chi connectivity index (χ1n) is 8.51. The van der Waals surface area contributed by atoms with Crippen LogP contribution in [0.4, 0.5) is 18.0 Å². The number of rotatable bonds is 5. The molecule has 0 aliphatic rings. The Labute approximate surface area is 157 Å². The van der Waals surface area contributed by atoms with Crippen molar-refractivity contribution in [3.05, 3.63) is 35.1 Å². The van der Waals surface area contributed by atoms with E-state index in [0.717, 1.165) is 0 Å². The molecule has 0 aliphatic heterocycles. The smallest absolute Gasteiger partial charge is 0.407 e. The normalized spacial score (nSPS) is 13.1. The van der Waals surface area contributed by atoms with Gasteiger partial charge in [-0.05, 0) is 59.6 Å². The molecule has 0 saturated heterocycles. The van der Waals surface area contributed by atoms with Crippen molar-refractivity contribution in [2.75, 3.05) is 0 Å². The van der Waals surface area contributed by atoms with Crippen molar-refractivity contribution < 1.29 is 32.2 Å². The summed E-state index contributed by atoms with van der Waals surface area (Å²) in [6.07, 6.45) is -1.37. The van der Waals surface area contributed by atoms with Gasteiger partial charge in [0.1, 0.15) is 17.0 Å². The fraction of sp³-hybridized carbons (Fsp3) is 0.579. The third-order valence-corrected chi connectivity index (χ3v) is 3.11. The number of benzene rings is 1. The molecule has 5 nitrogen and oxygen atoms in total. The number of carbonyl (C=O) groups excluding carboxylic acids is 2. The molecule has 1 atom stereocenters. The first-order valence-corrected chi connectivity index (χ1v) is 8.51. The quantitative estimate of drug-likeness (QED) is 0.603. The van der Waals surface area contributed by atoms with E-state index in [1.54, 1.807) is 41.5 Å². The number of carbonyl (C=O) groups is 2. The zero-order chi connectivity index (χ0) is 21.0. The van der Waals surface area contributed by atoms with E-state index in [2.05, 4.69) is 5.32 Å². The van der Waals surface area contributed by atoms with Gasteiger partial charge in [-0.25, -0.2) is 18.0 Å². The van der Waals surface area contributed by atoms with Crippen molar-refractivity contribution in [3.8, 4) is 0 Å². The summed E-state index contributed by atoms with van der Waals surface area (Å²) in [5.74, 6) is -4.15. The molecule has 27 heavy (non-hydrogen) atoms. The lowest BCUT2D eigenvalue weighted by molar-refractivity contribution is -0.155. The van der Waals surface area contributed by atoms with Gasteiger partial charge in [-0.3, -0.25) is 4.79 Å². The number of amides is 1. The first kappa shape index (κ1) is 22.8. The van der Waals surface area contributed by atoms with Crippen LogP contribution in [0.25, 0.3) is 0 Å². The number of alkyl carbamates (subject to hydrolysis) is 1. The Morgan fingerprint density at radius 2 is 1.44 bits per heavy atom. The van der Waals surface area contributed by atoms with Gasteiger partial charge >= 0.3 is 12.1 Å². The minimum absolute atomic E-state index is 0.182. The lowest BCUT2D eigenvalue weighted by Gasteiger charge is -2.25. The number of nitrogens with one attached hydrogen (secondary N) is 1. The van der Waals surface area contributed by atoms with E-state index < -0.39 is 46.8 Å². The summed E-state index contributed by atoms with van der Waals surface area (Å²) < 4.78 is 50.8. The third kappa shape index (κ3) is 8.79. The maximum Gasteiger partial charge on any atom is 0.407 e. The van der Waals surface area contributed by atoms with Crippen LogP contribution in [-0.4, -0.2) is 29.3 Å². The van der Waals surface area contributed by atoms with Crippen molar-refractivity contribution in [2.24, 2.45) is 0 Å². The standard InChI is InChI=1S/C19H26F3NO4/c1-18(2,3)26-16(24)9-12(23-17(25)27-19(4,5)6)7-11-8-14(21)15(22)10-13(11)20/h8,10,12H,7,9H2,1-6H3,(H,23,25)/t12-/m1/s1. The molecule has 0 heterocycles. The molecule has 0 saturated carbocycles. The molecular formula is C19H26F3NO4. The minimum atomic E-state index is -1.32. The van der Waals surface area contributed by atoms with Crippen molar-refractivity contribution in [3.63, 3.8) is 0 Å². The molecule has 8 heteroatoms. The van der Waals surface area contributed by atoms with E-state index in [0.29, 0.717) is 12.1 Å². The third-order valence-electron chi connectivity index (χ3n) is 3.11. The number of hydrogen-bond acceptors (Lipinski definition) is 4. The Morgan fingerprint density at radius 3 is 1.96 bits per heavy atom. The minimum Gasteiger partial charge on any atom is -0.460 e. The van der Waals surface area contributed by atoms with Gasteiger partial charge < -0.3 is 14.8 Å². The number of hydrogen-bond donors (Lipinski definition) is 1. The van der Waals surface area contributed by atoms with Crippen LogP contribution >= 0.6 is 0 Å². The summed E-state index contributed by atoms with van der Waals surface area (Å²) in [5, 5.41) is 2.46. The first-order chi connectivity index (χ1) is 12.2. The van der Waals surface area contributed by atoms with E-state index >= 15 is 0 Å². The molecule has 0 bridgehead atoms. The maximum absolute atomic E-state index is 13.9. The highest BCUT2D eigenvalue weighted by molar-refractivity contribution is 5.73. The van der Waals surface area contributed by atoms with E-state index in [-0.39, 0.29) is 18.4 Å². The van der Waals surface area contributed by atoms with Crippen molar-refractivity contribution in [2.45, 2.75) is 71.6 Å². The summed E-state index contributed by atoms with van der Waals surface area (Å²) >= 11 is 0. The molecule has 0 aliphatic carbocycles. The van der Waals surface area contributed by atoms with Gasteiger partial charge in [0.15, 0.2) is 11.6 Å². The fourth-order valence-corrected chi connectivity index (χ4v) is 2.22. The predicted octanol–water partition coefficient (Wildman–Crippen LogP) is 4.27. The molecule has 0 unspecified atom stereocenters. The fourth-order valence-electron chi connectivity index (χ4n) is 2.22. The topological polar surface area (TPSA) is 64.6 Å². The Bertz CT molecular complexity index is 663. The van der Waals surface area contributed by atoms with Crippen LogP contribution in [0, 0.1) is 17.5 Å². The SMILES string of the molecule is CC(C)(C)OC(=O)C[C@@H](Cc1cc(F)c(F)cc1F)NC(=O)OC(C)(C)C.